The monoisotopic (exact) mass is 211 g/mol. The van der Waals surface area contributed by atoms with Gasteiger partial charge in [-0.25, -0.2) is 0 Å². The fourth-order valence-electron chi connectivity index (χ4n) is 1.55. The minimum absolute atomic E-state index is 0.0475. The van der Waals surface area contributed by atoms with Crippen LogP contribution in [0.5, 0.6) is 0 Å². The molecule has 4 nitrogen and oxygen atoms in total. The molecule has 1 heterocycles. The van der Waals surface area contributed by atoms with Crippen LogP contribution in [0.25, 0.3) is 17.0 Å². The van der Waals surface area contributed by atoms with Crippen LogP contribution in [0.15, 0.2) is 36.0 Å². The van der Waals surface area contributed by atoms with Gasteiger partial charge in [-0.05, 0) is 23.8 Å². The van der Waals surface area contributed by atoms with E-state index in [-0.39, 0.29) is 5.57 Å². The average molecular weight is 211 g/mol. The molecule has 0 aliphatic heterocycles. The van der Waals surface area contributed by atoms with Crippen molar-refractivity contribution in [3.8, 4) is 6.07 Å². The van der Waals surface area contributed by atoms with Crippen LogP contribution in [0, 0.1) is 11.3 Å². The van der Waals surface area contributed by atoms with Crippen molar-refractivity contribution in [2.24, 2.45) is 5.73 Å². The number of aromatic nitrogens is 1. The average Bonchev–Trinajstić information content (AvgIpc) is 2.73. The maximum Gasteiger partial charge on any atom is 0.259 e. The second kappa shape index (κ2) is 3.91. The number of H-pyrrole nitrogens is 1. The molecule has 0 spiro atoms. The van der Waals surface area contributed by atoms with Crippen LogP contribution in [0.1, 0.15) is 5.56 Å². The maximum absolute atomic E-state index is 10.9. The summed E-state index contributed by atoms with van der Waals surface area (Å²) in [7, 11) is 0. The molecule has 1 amide bonds. The summed E-state index contributed by atoms with van der Waals surface area (Å²) in [6.07, 6.45) is 3.30. The summed E-state index contributed by atoms with van der Waals surface area (Å²) in [5.74, 6) is -0.713. The van der Waals surface area contributed by atoms with Crippen molar-refractivity contribution < 1.29 is 4.79 Å². The van der Waals surface area contributed by atoms with E-state index < -0.39 is 5.91 Å². The molecule has 1 aromatic carbocycles. The zero-order valence-electron chi connectivity index (χ0n) is 8.40. The molecule has 0 atom stereocenters. The SMILES string of the molecule is N#CC(=Cc1cccc2[nH]ccc12)C(N)=O. The highest BCUT2D eigenvalue weighted by atomic mass is 16.1. The summed E-state index contributed by atoms with van der Waals surface area (Å²) in [4.78, 5) is 14.0. The van der Waals surface area contributed by atoms with E-state index in [0.29, 0.717) is 0 Å². The number of nitrogens with one attached hydrogen (secondary N) is 1. The molecule has 0 saturated carbocycles. The van der Waals surface area contributed by atoms with Gasteiger partial charge in [-0.3, -0.25) is 4.79 Å². The van der Waals surface area contributed by atoms with Crippen LogP contribution >= 0.6 is 0 Å². The molecule has 0 aliphatic rings. The van der Waals surface area contributed by atoms with Crippen LogP contribution in [-0.2, 0) is 4.79 Å². The topological polar surface area (TPSA) is 82.7 Å². The molecule has 0 unspecified atom stereocenters. The molecule has 0 saturated heterocycles. The van der Waals surface area contributed by atoms with E-state index in [0.717, 1.165) is 16.5 Å². The lowest BCUT2D eigenvalue weighted by atomic mass is 10.1. The third-order valence-corrected chi connectivity index (χ3v) is 2.31. The number of nitriles is 1. The minimum Gasteiger partial charge on any atom is -0.365 e. The molecular weight excluding hydrogens is 202 g/mol. The number of nitrogens with two attached hydrogens (primary N) is 1. The Bertz CT molecular complexity index is 616. The highest BCUT2D eigenvalue weighted by Gasteiger charge is 2.05. The highest BCUT2D eigenvalue weighted by Crippen LogP contribution is 2.19. The van der Waals surface area contributed by atoms with Gasteiger partial charge in [0.05, 0.1) is 0 Å². The maximum atomic E-state index is 10.9. The summed E-state index contributed by atoms with van der Waals surface area (Å²) >= 11 is 0. The third kappa shape index (κ3) is 1.66. The van der Waals surface area contributed by atoms with Gasteiger partial charge in [0.2, 0.25) is 0 Å². The van der Waals surface area contributed by atoms with Crippen LogP contribution < -0.4 is 5.73 Å². The first kappa shape index (κ1) is 9.99. The lowest BCUT2D eigenvalue weighted by Crippen LogP contribution is -2.12. The summed E-state index contributed by atoms with van der Waals surface area (Å²) in [5, 5.41) is 9.71. The Morgan fingerprint density at radius 2 is 2.25 bits per heavy atom. The number of carbonyl (C=O) groups is 1. The summed E-state index contributed by atoms with van der Waals surface area (Å²) in [5.41, 5.74) is 6.78. The second-order valence-electron chi connectivity index (χ2n) is 3.32. The van der Waals surface area contributed by atoms with E-state index in [1.807, 2.05) is 24.3 Å². The Morgan fingerprint density at radius 1 is 1.44 bits per heavy atom. The number of aromatic amines is 1. The van der Waals surface area contributed by atoms with Crippen molar-refractivity contribution in [2.75, 3.05) is 0 Å². The number of fused-ring (bicyclic) bond motifs is 1. The van der Waals surface area contributed by atoms with Gasteiger partial charge in [-0.1, -0.05) is 12.1 Å². The molecule has 0 fully saturated rings. The van der Waals surface area contributed by atoms with Crippen LogP contribution in [0.3, 0.4) is 0 Å². The second-order valence-corrected chi connectivity index (χ2v) is 3.32. The van der Waals surface area contributed by atoms with Crippen LogP contribution in [-0.4, -0.2) is 10.9 Å². The third-order valence-electron chi connectivity index (χ3n) is 2.31. The molecule has 2 rings (SSSR count). The summed E-state index contributed by atoms with van der Waals surface area (Å²) in [6, 6.07) is 9.27. The van der Waals surface area contributed by atoms with Crippen molar-refractivity contribution in [1.29, 1.82) is 5.26 Å². The van der Waals surface area contributed by atoms with Crippen molar-refractivity contribution in [2.45, 2.75) is 0 Å². The number of nitrogens with zero attached hydrogens (tertiary/aromatic N) is 1. The molecule has 0 radical (unpaired) electrons. The predicted molar refractivity (Wildman–Crippen MR) is 61.1 cm³/mol. The number of hydrogen-bond donors (Lipinski definition) is 2. The number of carbonyl (C=O) groups excluding carboxylic acids is 1. The van der Waals surface area contributed by atoms with Crippen molar-refractivity contribution in [3.63, 3.8) is 0 Å². The summed E-state index contributed by atoms with van der Waals surface area (Å²) in [6.45, 7) is 0. The van der Waals surface area contributed by atoms with Gasteiger partial charge < -0.3 is 10.7 Å². The fourth-order valence-corrected chi connectivity index (χ4v) is 1.55. The highest BCUT2D eigenvalue weighted by molar-refractivity contribution is 6.02. The van der Waals surface area contributed by atoms with E-state index in [9.17, 15) is 4.79 Å². The van der Waals surface area contributed by atoms with E-state index in [4.69, 9.17) is 11.0 Å². The number of amides is 1. The Morgan fingerprint density at radius 3 is 2.94 bits per heavy atom. The number of hydrogen-bond acceptors (Lipinski definition) is 2. The quantitative estimate of drug-likeness (QED) is 0.583. The fraction of sp³-hybridized carbons (Fsp3) is 0. The van der Waals surface area contributed by atoms with Gasteiger partial charge >= 0.3 is 0 Å². The number of primary amides is 1. The van der Waals surface area contributed by atoms with Gasteiger partial charge in [-0.2, -0.15) is 5.26 Å². The van der Waals surface area contributed by atoms with Gasteiger partial charge in [0, 0.05) is 17.1 Å². The van der Waals surface area contributed by atoms with Gasteiger partial charge in [0.15, 0.2) is 0 Å². The first-order valence-electron chi connectivity index (χ1n) is 4.70. The normalized spacial score (nSPS) is 11.3. The Balaban J connectivity index is 2.60. The molecule has 1 aromatic heterocycles. The Labute approximate surface area is 92.0 Å². The Kier molecular flexibility index (Phi) is 2.44. The molecule has 0 bridgehead atoms. The lowest BCUT2D eigenvalue weighted by Gasteiger charge is -1.97. The van der Waals surface area contributed by atoms with E-state index in [1.165, 1.54) is 6.08 Å². The molecule has 0 aliphatic carbocycles. The lowest BCUT2D eigenvalue weighted by molar-refractivity contribution is -0.114. The van der Waals surface area contributed by atoms with Crippen LogP contribution in [0.4, 0.5) is 0 Å². The summed E-state index contributed by atoms with van der Waals surface area (Å²) < 4.78 is 0. The zero-order chi connectivity index (χ0) is 11.5. The zero-order valence-corrected chi connectivity index (χ0v) is 8.40. The largest absolute Gasteiger partial charge is 0.365 e. The molecule has 2 aromatic rings. The van der Waals surface area contributed by atoms with Gasteiger partial charge in [0.25, 0.3) is 5.91 Å². The molecule has 78 valence electrons. The molecular formula is C12H9N3O. The van der Waals surface area contributed by atoms with Gasteiger partial charge in [0.1, 0.15) is 11.6 Å². The van der Waals surface area contributed by atoms with Crippen molar-refractivity contribution in [3.05, 3.63) is 41.6 Å². The van der Waals surface area contributed by atoms with E-state index in [1.54, 1.807) is 12.3 Å². The first-order valence-corrected chi connectivity index (χ1v) is 4.70. The van der Waals surface area contributed by atoms with E-state index in [2.05, 4.69) is 4.98 Å². The Hall–Kier alpha value is -2.54. The smallest absolute Gasteiger partial charge is 0.259 e. The van der Waals surface area contributed by atoms with Crippen molar-refractivity contribution in [1.82, 2.24) is 4.98 Å². The number of rotatable bonds is 2. The number of benzene rings is 1. The predicted octanol–water partition coefficient (Wildman–Crippen LogP) is 1.56. The molecule has 4 heteroatoms. The van der Waals surface area contributed by atoms with Crippen LogP contribution in [0.2, 0.25) is 0 Å². The van der Waals surface area contributed by atoms with Gasteiger partial charge in [-0.15, -0.1) is 0 Å². The first-order chi connectivity index (χ1) is 7.72. The molecule has 16 heavy (non-hydrogen) atoms. The standard InChI is InChI=1S/C12H9N3O/c13-7-9(12(14)16)6-8-2-1-3-11-10(8)4-5-15-11/h1-6,15H,(H2,14,16). The molecule has 3 N–H and O–H groups in total. The minimum atomic E-state index is -0.713. The van der Waals surface area contributed by atoms with Crippen molar-refractivity contribution >= 4 is 22.9 Å². The van der Waals surface area contributed by atoms with E-state index >= 15 is 0 Å².